The molecular formula is C10H13ClO. The molecule has 1 aromatic rings. The van der Waals surface area contributed by atoms with Gasteiger partial charge in [0.1, 0.15) is 5.06 Å². The van der Waals surface area contributed by atoms with Gasteiger partial charge < -0.3 is 5.11 Å². The molecule has 1 atom stereocenters. The fourth-order valence-electron chi connectivity index (χ4n) is 1.02. The second-order valence-corrected chi connectivity index (χ2v) is 3.94. The van der Waals surface area contributed by atoms with Gasteiger partial charge in [0.25, 0.3) is 0 Å². The van der Waals surface area contributed by atoms with Crippen LogP contribution < -0.4 is 0 Å². The first-order chi connectivity index (χ1) is 5.58. The van der Waals surface area contributed by atoms with Gasteiger partial charge in [-0.2, -0.15) is 0 Å². The summed E-state index contributed by atoms with van der Waals surface area (Å²) < 4.78 is 0. The number of benzene rings is 1. The molecule has 1 rings (SSSR count). The van der Waals surface area contributed by atoms with Crippen LogP contribution in [0.5, 0.6) is 0 Å². The molecule has 2 heteroatoms. The highest BCUT2D eigenvalue weighted by atomic mass is 35.5. The smallest absolute Gasteiger partial charge is 0.136 e. The maximum atomic E-state index is 9.24. The van der Waals surface area contributed by atoms with E-state index in [9.17, 15) is 5.11 Å². The van der Waals surface area contributed by atoms with Crippen molar-refractivity contribution in [3.8, 4) is 0 Å². The van der Waals surface area contributed by atoms with Crippen LogP contribution in [0, 0.1) is 0 Å². The summed E-state index contributed by atoms with van der Waals surface area (Å²) in [6.45, 7) is 1.61. The predicted octanol–water partition coefficient (Wildman–Crippen LogP) is 2.57. The third kappa shape index (κ3) is 3.74. The minimum atomic E-state index is -1.07. The van der Waals surface area contributed by atoms with E-state index in [4.69, 9.17) is 11.6 Å². The van der Waals surface area contributed by atoms with Crippen LogP contribution in [-0.4, -0.2) is 10.2 Å². The Bertz CT molecular complexity index is 225. The minimum absolute atomic E-state index is 0.582. The molecule has 0 heterocycles. The highest BCUT2D eigenvalue weighted by Gasteiger charge is 2.14. The minimum Gasteiger partial charge on any atom is -0.375 e. The van der Waals surface area contributed by atoms with E-state index < -0.39 is 5.06 Å². The van der Waals surface area contributed by atoms with E-state index in [1.54, 1.807) is 6.92 Å². The van der Waals surface area contributed by atoms with Crippen molar-refractivity contribution in [3.05, 3.63) is 35.9 Å². The second-order valence-electron chi connectivity index (χ2n) is 3.13. The summed E-state index contributed by atoms with van der Waals surface area (Å²) in [6.07, 6.45) is 1.40. The first kappa shape index (κ1) is 9.56. The third-order valence-corrected chi connectivity index (χ3v) is 1.90. The predicted molar refractivity (Wildman–Crippen MR) is 51.2 cm³/mol. The lowest BCUT2D eigenvalue weighted by Gasteiger charge is -2.13. The molecule has 0 aliphatic rings. The Morgan fingerprint density at radius 3 is 2.42 bits per heavy atom. The first-order valence-corrected chi connectivity index (χ1v) is 4.41. The number of rotatable bonds is 3. The summed E-state index contributed by atoms with van der Waals surface area (Å²) in [6, 6.07) is 10.0. The van der Waals surface area contributed by atoms with E-state index in [1.165, 1.54) is 5.56 Å². The van der Waals surface area contributed by atoms with Gasteiger partial charge in [0.05, 0.1) is 0 Å². The van der Waals surface area contributed by atoms with Crippen molar-refractivity contribution < 1.29 is 5.11 Å². The van der Waals surface area contributed by atoms with Crippen LogP contribution in [0.15, 0.2) is 30.3 Å². The molecule has 1 unspecified atom stereocenters. The molecule has 0 saturated heterocycles. The van der Waals surface area contributed by atoms with E-state index in [0.717, 1.165) is 6.42 Å². The molecule has 0 fully saturated rings. The lowest BCUT2D eigenvalue weighted by Crippen LogP contribution is -2.15. The molecule has 0 aliphatic carbocycles. The van der Waals surface area contributed by atoms with Gasteiger partial charge >= 0.3 is 0 Å². The van der Waals surface area contributed by atoms with Crippen LogP contribution in [0.25, 0.3) is 0 Å². The average molecular weight is 185 g/mol. The summed E-state index contributed by atoms with van der Waals surface area (Å²) in [5.74, 6) is 0. The Morgan fingerprint density at radius 1 is 1.33 bits per heavy atom. The lowest BCUT2D eigenvalue weighted by atomic mass is 10.1. The molecule has 0 saturated carbocycles. The summed E-state index contributed by atoms with van der Waals surface area (Å²) >= 11 is 5.64. The lowest BCUT2D eigenvalue weighted by molar-refractivity contribution is 0.139. The fourth-order valence-corrected chi connectivity index (χ4v) is 1.11. The van der Waals surface area contributed by atoms with Gasteiger partial charge in [0, 0.05) is 0 Å². The quantitative estimate of drug-likeness (QED) is 0.716. The normalized spacial score (nSPS) is 15.6. The zero-order chi connectivity index (χ0) is 9.03. The third-order valence-electron chi connectivity index (χ3n) is 1.71. The molecule has 66 valence electrons. The second kappa shape index (κ2) is 3.92. The van der Waals surface area contributed by atoms with Gasteiger partial charge in [-0.1, -0.05) is 41.9 Å². The number of hydrogen-bond donors (Lipinski definition) is 1. The van der Waals surface area contributed by atoms with Gasteiger partial charge in [0.2, 0.25) is 0 Å². The number of halogens is 1. The SMILES string of the molecule is CC(O)(Cl)CCc1ccccc1. The number of alkyl halides is 1. The van der Waals surface area contributed by atoms with Gasteiger partial charge in [-0.25, -0.2) is 0 Å². The number of hydrogen-bond acceptors (Lipinski definition) is 1. The van der Waals surface area contributed by atoms with E-state index in [2.05, 4.69) is 0 Å². The molecule has 1 aromatic carbocycles. The Morgan fingerprint density at radius 2 is 1.92 bits per heavy atom. The monoisotopic (exact) mass is 184 g/mol. The topological polar surface area (TPSA) is 20.2 Å². The molecule has 0 bridgehead atoms. The molecule has 12 heavy (non-hydrogen) atoms. The summed E-state index contributed by atoms with van der Waals surface area (Å²) in [5, 5.41) is 8.17. The molecule has 0 spiro atoms. The van der Waals surface area contributed by atoms with Crippen LogP contribution in [0.4, 0.5) is 0 Å². The van der Waals surface area contributed by atoms with Crippen molar-refractivity contribution in [2.75, 3.05) is 0 Å². The zero-order valence-electron chi connectivity index (χ0n) is 7.13. The molecule has 0 radical (unpaired) electrons. The van der Waals surface area contributed by atoms with Gasteiger partial charge in [-0.3, -0.25) is 0 Å². The van der Waals surface area contributed by atoms with Crippen molar-refractivity contribution in [3.63, 3.8) is 0 Å². The van der Waals surface area contributed by atoms with Crippen molar-refractivity contribution >= 4 is 11.6 Å². The van der Waals surface area contributed by atoms with Crippen molar-refractivity contribution in [1.82, 2.24) is 0 Å². The van der Waals surface area contributed by atoms with Gasteiger partial charge in [-0.15, -0.1) is 0 Å². The summed E-state index contributed by atoms with van der Waals surface area (Å²) in [5.41, 5.74) is 1.21. The van der Waals surface area contributed by atoms with E-state index in [-0.39, 0.29) is 0 Å². The summed E-state index contributed by atoms with van der Waals surface area (Å²) in [4.78, 5) is 0. The van der Waals surface area contributed by atoms with E-state index >= 15 is 0 Å². The molecule has 0 aromatic heterocycles. The molecule has 1 nitrogen and oxygen atoms in total. The highest BCUT2D eigenvalue weighted by Crippen LogP contribution is 2.17. The Balaban J connectivity index is 2.44. The zero-order valence-corrected chi connectivity index (χ0v) is 7.88. The summed E-state index contributed by atoms with van der Waals surface area (Å²) in [7, 11) is 0. The van der Waals surface area contributed by atoms with Crippen LogP contribution in [-0.2, 0) is 6.42 Å². The highest BCUT2D eigenvalue weighted by molar-refractivity contribution is 6.22. The van der Waals surface area contributed by atoms with Crippen LogP contribution in [0.3, 0.4) is 0 Å². The largest absolute Gasteiger partial charge is 0.375 e. The molecule has 0 aliphatic heterocycles. The first-order valence-electron chi connectivity index (χ1n) is 4.03. The Hall–Kier alpha value is -0.530. The number of aryl methyl sites for hydroxylation is 1. The van der Waals surface area contributed by atoms with Crippen LogP contribution >= 0.6 is 11.6 Å². The fraction of sp³-hybridized carbons (Fsp3) is 0.400. The average Bonchev–Trinajstić information content (AvgIpc) is 2.02. The van der Waals surface area contributed by atoms with Gasteiger partial charge in [0.15, 0.2) is 0 Å². The van der Waals surface area contributed by atoms with Crippen LogP contribution in [0.2, 0.25) is 0 Å². The molecular weight excluding hydrogens is 172 g/mol. The van der Waals surface area contributed by atoms with E-state index in [0.29, 0.717) is 6.42 Å². The molecule has 1 N–H and O–H groups in total. The van der Waals surface area contributed by atoms with E-state index in [1.807, 2.05) is 30.3 Å². The van der Waals surface area contributed by atoms with Crippen molar-refractivity contribution in [2.24, 2.45) is 0 Å². The Labute approximate surface area is 78.0 Å². The van der Waals surface area contributed by atoms with Crippen molar-refractivity contribution in [2.45, 2.75) is 24.8 Å². The standard InChI is InChI=1S/C10H13ClO/c1-10(11,12)8-7-9-5-3-2-4-6-9/h2-6,12H,7-8H2,1H3. The maximum Gasteiger partial charge on any atom is 0.136 e. The van der Waals surface area contributed by atoms with Crippen LogP contribution in [0.1, 0.15) is 18.9 Å². The van der Waals surface area contributed by atoms with Gasteiger partial charge in [-0.05, 0) is 25.3 Å². The number of aliphatic hydroxyl groups is 1. The van der Waals surface area contributed by atoms with Crippen molar-refractivity contribution in [1.29, 1.82) is 0 Å². The Kier molecular flexibility index (Phi) is 3.12. The molecule has 0 amide bonds. The maximum absolute atomic E-state index is 9.24.